The maximum absolute atomic E-state index is 10.3. The molecule has 0 bridgehead atoms. The summed E-state index contributed by atoms with van der Waals surface area (Å²) in [6.07, 6.45) is 5.10. The highest BCUT2D eigenvalue weighted by Crippen LogP contribution is 2.02. The lowest BCUT2D eigenvalue weighted by Crippen LogP contribution is -2.19. The van der Waals surface area contributed by atoms with Gasteiger partial charge < -0.3 is 14.3 Å². The average molecular weight is 202 g/mol. The van der Waals surface area contributed by atoms with Crippen molar-refractivity contribution in [2.24, 2.45) is 0 Å². The van der Waals surface area contributed by atoms with Gasteiger partial charge in [-0.3, -0.25) is 0 Å². The van der Waals surface area contributed by atoms with E-state index in [2.05, 4.69) is 13.8 Å². The van der Waals surface area contributed by atoms with Gasteiger partial charge in [0.15, 0.2) is 6.29 Å². The van der Waals surface area contributed by atoms with Crippen molar-refractivity contribution in [1.29, 1.82) is 0 Å². The summed E-state index contributed by atoms with van der Waals surface area (Å²) in [6.45, 7) is 5.58. The number of rotatable bonds is 10. The molecule has 0 aliphatic heterocycles. The lowest BCUT2D eigenvalue weighted by molar-refractivity contribution is -0.151. The zero-order valence-electron chi connectivity index (χ0n) is 9.33. The average Bonchev–Trinajstić information content (AvgIpc) is 2.18. The highest BCUT2D eigenvalue weighted by Gasteiger charge is 2.07. The lowest BCUT2D eigenvalue weighted by atomic mass is 10.3. The summed E-state index contributed by atoms with van der Waals surface area (Å²) in [5.74, 6) is 0. The van der Waals surface area contributed by atoms with Crippen LogP contribution in [0.5, 0.6) is 0 Å². The lowest BCUT2D eigenvalue weighted by Gasteiger charge is -2.15. The molecule has 0 aromatic heterocycles. The molecule has 0 aromatic rings. The number of aldehydes is 1. The fourth-order valence-electron chi connectivity index (χ4n) is 0.981. The topological polar surface area (TPSA) is 35.5 Å². The molecule has 0 heterocycles. The molecule has 0 aromatic carbocycles. The van der Waals surface area contributed by atoms with Gasteiger partial charge >= 0.3 is 0 Å². The van der Waals surface area contributed by atoms with Gasteiger partial charge in [-0.15, -0.1) is 0 Å². The van der Waals surface area contributed by atoms with E-state index in [-0.39, 0.29) is 6.29 Å². The predicted octanol–water partition coefficient (Wildman–Crippen LogP) is 2.53. The van der Waals surface area contributed by atoms with Crippen LogP contribution in [-0.2, 0) is 14.3 Å². The Morgan fingerprint density at radius 1 is 1.07 bits per heavy atom. The second kappa shape index (κ2) is 10.7. The molecule has 0 fully saturated rings. The highest BCUT2D eigenvalue weighted by molar-refractivity contribution is 5.49. The zero-order valence-corrected chi connectivity index (χ0v) is 9.33. The van der Waals surface area contributed by atoms with Crippen LogP contribution < -0.4 is 0 Å². The van der Waals surface area contributed by atoms with Crippen LogP contribution in [0.1, 0.15) is 46.0 Å². The first kappa shape index (κ1) is 13.6. The normalized spacial score (nSPS) is 10.8. The van der Waals surface area contributed by atoms with Crippen molar-refractivity contribution in [1.82, 2.24) is 0 Å². The molecule has 84 valence electrons. The van der Waals surface area contributed by atoms with Crippen LogP contribution in [-0.4, -0.2) is 25.8 Å². The largest absolute Gasteiger partial charge is 0.352 e. The Labute approximate surface area is 86.8 Å². The molecule has 14 heavy (non-hydrogen) atoms. The summed E-state index contributed by atoms with van der Waals surface area (Å²) in [5.41, 5.74) is 0. The van der Waals surface area contributed by atoms with Crippen molar-refractivity contribution in [2.75, 3.05) is 13.2 Å². The minimum atomic E-state index is -0.328. The van der Waals surface area contributed by atoms with E-state index in [1.165, 1.54) is 0 Å². The fourth-order valence-corrected chi connectivity index (χ4v) is 0.981. The SMILES string of the molecule is CCCCOC(CC=O)OCCCC. The summed E-state index contributed by atoms with van der Waals surface area (Å²) in [6, 6.07) is 0. The molecule has 0 aliphatic carbocycles. The summed E-state index contributed by atoms with van der Waals surface area (Å²) < 4.78 is 10.8. The van der Waals surface area contributed by atoms with Crippen LogP contribution in [0.15, 0.2) is 0 Å². The molecule has 0 N–H and O–H groups in total. The maximum Gasteiger partial charge on any atom is 0.164 e. The van der Waals surface area contributed by atoms with Crippen molar-refractivity contribution < 1.29 is 14.3 Å². The zero-order chi connectivity index (χ0) is 10.6. The van der Waals surface area contributed by atoms with E-state index in [0.29, 0.717) is 19.6 Å². The van der Waals surface area contributed by atoms with Gasteiger partial charge in [0.25, 0.3) is 0 Å². The first-order valence-electron chi connectivity index (χ1n) is 5.52. The van der Waals surface area contributed by atoms with Crippen LogP contribution in [0.2, 0.25) is 0 Å². The number of hydrogen-bond donors (Lipinski definition) is 0. The van der Waals surface area contributed by atoms with Gasteiger partial charge in [-0.1, -0.05) is 26.7 Å². The molecule has 0 radical (unpaired) electrons. The quantitative estimate of drug-likeness (QED) is 0.310. The van der Waals surface area contributed by atoms with E-state index < -0.39 is 0 Å². The molecular weight excluding hydrogens is 180 g/mol. The van der Waals surface area contributed by atoms with Crippen molar-refractivity contribution in [2.45, 2.75) is 52.2 Å². The molecule has 0 aliphatic rings. The van der Waals surface area contributed by atoms with E-state index in [9.17, 15) is 4.79 Å². The number of hydrogen-bond acceptors (Lipinski definition) is 3. The summed E-state index contributed by atoms with van der Waals surface area (Å²) >= 11 is 0. The van der Waals surface area contributed by atoms with Gasteiger partial charge in [0.2, 0.25) is 0 Å². The van der Waals surface area contributed by atoms with Crippen LogP contribution in [0, 0.1) is 0 Å². The molecule has 0 atom stereocenters. The van der Waals surface area contributed by atoms with Crippen LogP contribution in [0.25, 0.3) is 0 Å². The van der Waals surface area contributed by atoms with E-state index in [4.69, 9.17) is 9.47 Å². The standard InChI is InChI=1S/C11H22O3/c1-3-5-9-13-11(7-8-12)14-10-6-4-2/h8,11H,3-7,9-10H2,1-2H3. The third-order valence-electron chi connectivity index (χ3n) is 1.89. The smallest absolute Gasteiger partial charge is 0.164 e. The third kappa shape index (κ3) is 8.20. The molecule has 0 saturated heterocycles. The van der Waals surface area contributed by atoms with E-state index in [0.717, 1.165) is 32.0 Å². The molecule has 3 heteroatoms. The second-order valence-corrected chi connectivity index (χ2v) is 3.28. The predicted molar refractivity (Wildman–Crippen MR) is 56.2 cm³/mol. The third-order valence-corrected chi connectivity index (χ3v) is 1.89. The van der Waals surface area contributed by atoms with Crippen LogP contribution >= 0.6 is 0 Å². The van der Waals surface area contributed by atoms with E-state index in [1.54, 1.807) is 0 Å². The molecule has 0 spiro atoms. The van der Waals surface area contributed by atoms with E-state index >= 15 is 0 Å². The number of unbranched alkanes of at least 4 members (excludes halogenated alkanes) is 2. The highest BCUT2D eigenvalue weighted by atomic mass is 16.7. The summed E-state index contributed by atoms with van der Waals surface area (Å²) in [7, 11) is 0. The Balaban J connectivity index is 3.49. The van der Waals surface area contributed by atoms with Gasteiger partial charge in [-0.05, 0) is 12.8 Å². The Morgan fingerprint density at radius 2 is 1.57 bits per heavy atom. The minimum absolute atomic E-state index is 0.328. The van der Waals surface area contributed by atoms with Crippen molar-refractivity contribution in [3.05, 3.63) is 0 Å². The van der Waals surface area contributed by atoms with Gasteiger partial charge in [0, 0.05) is 13.2 Å². The summed E-state index contributed by atoms with van der Waals surface area (Å²) in [5, 5.41) is 0. The Hall–Kier alpha value is -0.410. The monoisotopic (exact) mass is 202 g/mol. The van der Waals surface area contributed by atoms with Crippen molar-refractivity contribution in [3.63, 3.8) is 0 Å². The summed E-state index contributed by atoms with van der Waals surface area (Å²) in [4.78, 5) is 10.3. The van der Waals surface area contributed by atoms with Gasteiger partial charge in [0.05, 0.1) is 6.42 Å². The Kier molecular flexibility index (Phi) is 10.4. The van der Waals surface area contributed by atoms with Crippen molar-refractivity contribution >= 4 is 6.29 Å². The second-order valence-electron chi connectivity index (χ2n) is 3.28. The van der Waals surface area contributed by atoms with Crippen molar-refractivity contribution in [3.8, 4) is 0 Å². The van der Waals surface area contributed by atoms with E-state index in [1.807, 2.05) is 0 Å². The Bertz CT molecular complexity index is 116. The van der Waals surface area contributed by atoms with Gasteiger partial charge in [-0.25, -0.2) is 0 Å². The number of carbonyl (C=O) groups excluding carboxylic acids is 1. The first-order chi connectivity index (χ1) is 6.85. The molecule has 0 unspecified atom stereocenters. The molecule has 0 rings (SSSR count). The molecular formula is C11H22O3. The first-order valence-corrected chi connectivity index (χ1v) is 5.52. The maximum atomic E-state index is 10.3. The molecule has 3 nitrogen and oxygen atoms in total. The van der Waals surface area contributed by atoms with Gasteiger partial charge in [0.1, 0.15) is 6.29 Å². The number of carbonyl (C=O) groups is 1. The number of ether oxygens (including phenoxy) is 2. The minimum Gasteiger partial charge on any atom is -0.352 e. The fraction of sp³-hybridized carbons (Fsp3) is 0.909. The van der Waals surface area contributed by atoms with Crippen LogP contribution in [0.3, 0.4) is 0 Å². The Morgan fingerprint density at radius 3 is 1.93 bits per heavy atom. The van der Waals surface area contributed by atoms with Gasteiger partial charge in [-0.2, -0.15) is 0 Å². The van der Waals surface area contributed by atoms with Crippen LogP contribution in [0.4, 0.5) is 0 Å². The molecule has 0 saturated carbocycles. The molecule has 0 amide bonds.